The SMILES string of the molecule is CN(C)c1ccc(-c2ncc(Sc3ccc(C#N)cc3)n3ccnc23)cc1. The third-order valence-corrected chi connectivity index (χ3v) is 5.28. The van der Waals surface area contributed by atoms with Crippen LogP contribution in [0.25, 0.3) is 16.9 Å². The highest BCUT2D eigenvalue weighted by Gasteiger charge is 2.12. The van der Waals surface area contributed by atoms with E-state index in [0.717, 1.165) is 32.5 Å². The zero-order valence-electron chi connectivity index (χ0n) is 15.0. The van der Waals surface area contributed by atoms with Gasteiger partial charge in [0, 0.05) is 42.6 Å². The lowest BCUT2D eigenvalue weighted by molar-refractivity contribution is 0.984. The van der Waals surface area contributed by atoms with Crippen molar-refractivity contribution in [2.75, 3.05) is 19.0 Å². The fourth-order valence-corrected chi connectivity index (χ4v) is 3.68. The predicted molar refractivity (Wildman–Crippen MR) is 108 cm³/mol. The van der Waals surface area contributed by atoms with Crippen LogP contribution in [0.4, 0.5) is 5.69 Å². The highest BCUT2D eigenvalue weighted by atomic mass is 32.2. The van der Waals surface area contributed by atoms with E-state index in [9.17, 15) is 0 Å². The lowest BCUT2D eigenvalue weighted by Gasteiger charge is -2.13. The second kappa shape index (κ2) is 7.14. The third kappa shape index (κ3) is 3.37. The van der Waals surface area contributed by atoms with Crippen LogP contribution in [0, 0.1) is 11.3 Å². The Morgan fingerprint density at radius 1 is 1.00 bits per heavy atom. The van der Waals surface area contributed by atoms with Gasteiger partial charge in [-0.25, -0.2) is 9.97 Å². The van der Waals surface area contributed by atoms with Gasteiger partial charge in [0.1, 0.15) is 10.7 Å². The first-order valence-electron chi connectivity index (χ1n) is 8.43. The maximum atomic E-state index is 8.94. The van der Waals surface area contributed by atoms with Crippen molar-refractivity contribution in [2.24, 2.45) is 0 Å². The Hall–Kier alpha value is -3.30. The van der Waals surface area contributed by atoms with E-state index in [1.54, 1.807) is 18.0 Å². The molecule has 4 aromatic rings. The van der Waals surface area contributed by atoms with Gasteiger partial charge < -0.3 is 4.90 Å². The van der Waals surface area contributed by atoms with Gasteiger partial charge in [0.05, 0.1) is 17.8 Å². The molecule has 6 heteroatoms. The zero-order valence-corrected chi connectivity index (χ0v) is 15.8. The average molecular weight is 371 g/mol. The largest absolute Gasteiger partial charge is 0.378 e. The highest BCUT2D eigenvalue weighted by Crippen LogP contribution is 2.31. The van der Waals surface area contributed by atoms with E-state index in [4.69, 9.17) is 5.26 Å². The van der Waals surface area contributed by atoms with Crippen molar-refractivity contribution in [2.45, 2.75) is 9.92 Å². The molecule has 0 atom stereocenters. The molecule has 4 rings (SSSR count). The lowest BCUT2D eigenvalue weighted by atomic mass is 10.1. The van der Waals surface area contributed by atoms with Crippen LogP contribution in [0.2, 0.25) is 0 Å². The fourth-order valence-electron chi connectivity index (χ4n) is 2.81. The summed E-state index contributed by atoms with van der Waals surface area (Å²) >= 11 is 1.60. The van der Waals surface area contributed by atoms with Crippen LogP contribution in [0.3, 0.4) is 0 Å². The molecule has 0 radical (unpaired) electrons. The second-order valence-electron chi connectivity index (χ2n) is 6.25. The average Bonchev–Trinajstić information content (AvgIpc) is 3.19. The van der Waals surface area contributed by atoms with Crippen molar-refractivity contribution >= 4 is 23.1 Å². The fraction of sp³-hybridized carbons (Fsp3) is 0.0952. The van der Waals surface area contributed by atoms with E-state index >= 15 is 0 Å². The molecular formula is C21H17N5S. The molecule has 5 nitrogen and oxygen atoms in total. The van der Waals surface area contributed by atoms with E-state index in [2.05, 4.69) is 45.2 Å². The number of nitriles is 1. The number of fused-ring (bicyclic) bond motifs is 1. The first kappa shape index (κ1) is 17.1. The number of rotatable bonds is 4. The van der Waals surface area contributed by atoms with Crippen LogP contribution in [0.15, 0.2) is 77.0 Å². The van der Waals surface area contributed by atoms with Gasteiger partial charge in [0.2, 0.25) is 0 Å². The number of imidazole rings is 1. The Morgan fingerprint density at radius 2 is 1.74 bits per heavy atom. The molecule has 0 bridgehead atoms. The van der Waals surface area contributed by atoms with Gasteiger partial charge in [-0.2, -0.15) is 5.26 Å². The van der Waals surface area contributed by atoms with Crippen LogP contribution in [-0.4, -0.2) is 28.5 Å². The summed E-state index contributed by atoms with van der Waals surface area (Å²) in [6, 6.07) is 18.0. The van der Waals surface area contributed by atoms with E-state index in [1.165, 1.54) is 0 Å². The molecule has 0 N–H and O–H groups in total. The molecule has 2 aromatic carbocycles. The monoisotopic (exact) mass is 371 g/mol. The summed E-state index contributed by atoms with van der Waals surface area (Å²) in [4.78, 5) is 12.3. The van der Waals surface area contributed by atoms with Gasteiger partial charge in [-0.15, -0.1) is 0 Å². The van der Waals surface area contributed by atoms with Crippen molar-refractivity contribution in [3.63, 3.8) is 0 Å². The van der Waals surface area contributed by atoms with Crippen molar-refractivity contribution in [1.29, 1.82) is 5.26 Å². The summed E-state index contributed by atoms with van der Waals surface area (Å²) in [5.41, 5.74) is 4.51. The Kier molecular flexibility index (Phi) is 4.53. The number of nitrogens with zero attached hydrogens (tertiary/aromatic N) is 5. The first-order chi connectivity index (χ1) is 13.2. The molecule has 132 valence electrons. The maximum absolute atomic E-state index is 8.94. The van der Waals surface area contributed by atoms with Crippen LogP contribution in [-0.2, 0) is 0 Å². The molecule has 0 aliphatic heterocycles. The first-order valence-corrected chi connectivity index (χ1v) is 9.25. The Morgan fingerprint density at radius 3 is 2.41 bits per heavy atom. The minimum atomic E-state index is 0.654. The van der Waals surface area contributed by atoms with Gasteiger partial charge in [-0.3, -0.25) is 4.40 Å². The number of hydrogen-bond acceptors (Lipinski definition) is 5. The summed E-state index contributed by atoms with van der Waals surface area (Å²) in [6.45, 7) is 0. The molecular weight excluding hydrogens is 354 g/mol. The molecule has 27 heavy (non-hydrogen) atoms. The van der Waals surface area contributed by atoms with Crippen molar-refractivity contribution < 1.29 is 0 Å². The predicted octanol–water partition coefficient (Wildman–Crippen LogP) is 4.49. The standard InChI is InChI=1S/C21H17N5S/c1-25(2)17-7-5-16(6-8-17)20-21-23-11-12-26(21)19(14-24-20)27-18-9-3-15(13-22)4-10-18/h3-12,14H,1-2H3. The van der Waals surface area contributed by atoms with E-state index in [-0.39, 0.29) is 0 Å². The minimum Gasteiger partial charge on any atom is -0.378 e. The molecule has 0 fully saturated rings. The van der Waals surface area contributed by atoms with Gasteiger partial charge in [0.15, 0.2) is 5.65 Å². The Balaban J connectivity index is 1.70. The number of aromatic nitrogens is 3. The summed E-state index contributed by atoms with van der Waals surface area (Å²) in [5, 5.41) is 9.91. The zero-order chi connectivity index (χ0) is 18.8. The van der Waals surface area contributed by atoms with E-state index in [1.807, 2.05) is 55.2 Å². The quantitative estimate of drug-likeness (QED) is 0.529. The third-order valence-electron chi connectivity index (χ3n) is 4.26. The normalized spacial score (nSPS) is 10.7. The molecule has 0 saturated heterocycles. The summed E-state index contributed by atoms with van der Waals surface area (Å²) in [5.74, 6) is 0. The van der Waals surface area contributed by atoms with Gasteiger partial charge in [-0.1, -0.05) is 23.9 Å². The number of hydrogen-bond donors (Lipinski definition) is 0. The second-order valence-corrected chi connectivity index (χ2v) is 7.34. The van der Waals surface area contributed by atoms with Crippen LogP contribution in [0.5, 0.6) is 0 Å². The molecule has 0 aliphatic rings. The Labute approximate surface area is 161 Å². The van der Waals surface area contributed by atoms with Gasteiger partial charge in [0.25, 0.3) is 0 Å². The summed E-state index contributed by atoms with van der Waals surface area (Å²) in [6.07, 6.45) is 5.60. The number of anilines is 1. The molecule has 0 unspecified atom stereocenters. The lowest BCUT2D eigenvalue weighted by Crippen LogP contribution is -2.08. The summed E-state index contributed by atoms with van der Waals surface area (Å²) < 4.78 is 2.05. The smallest absolute Gasteiger partial charge is 0.164 e. The van der Waals surface area contributed by atoms with Crippen molar-refractivity contribution in [3.05, 3.63) is 72.7 Å². The molecule has 0 aliphatic carbocycles. The maximum Gasteiger partial charge on any atom is 0.164 e. The van der Waals surface area contributed by atoms with Crippen LogP contribution < -0.4 is 4.90 Å². The topological polar surface area (TPSA) is 57.2 Å². The van der Waals surface area contributed by atoms with E-state index in [0.29, 0.717) is 5.56 Å². The molecule has 0 spiro atoms. The van der Waals surface area contributed by atoms with Crippen molar-refractivity contribution in [3.8, 4) is 17.3 Å². The highest BCUT2D eigenvalue weighted by molar-refractivity contribution is 7.99. The molecule has 0 saturated carbocycles. The van der Waals surface area contributed by atoms with Gasteiger partial charge >= 0.3 is 0 Å². The minimum absolute atomic E-state index is 0.654. The molecule has 2 heterocycles. The molecule has 2 aromatic heterocycles. The summed E-state index contributed by atoms with van der Waals surface area (Å²) in [7, 11) is 4.05. The molecule has 0 amide bonds. The van der Waals surface area contributed by atoms with Gasteiger partial charge in [-0.05, 0) is 36.4 Å². The van der Waals surface area contributed by atoms with E-state index < -0.39 is 0 Å². The number of benzene rings is 2. The van der Waals surface area contributed by atoms with Crippen LogP contribution >= 0.6 is 11.8 Å². The van der Waals surface area contributed by atoms with Crippen molar-refractivity contribution in [1.82, 2.24) is 14.4 Å². The Bertz CT molecular complexity index is 1120. The van der Waals surface area contributed by atoms with Crippen LogP contribution in [0.1, 0.15) is 5.56 Å².